The van der Waals surface area contributed by atoms with E-state index in [1.165, 1.54) is 33.4 Å². The summed E-state index contributed by atoms with van der Waals surface area (Å²) in [5.74, 6) is 0.425. The summed E-state index contributed by atoms with van der Waals surface area (Å²) in [6.45, 7) is 14.2. The molecule has 0 radical (unpaired) electrons. The van der Waals surface area contributed by atoms with Gasteiger partial charge in [-0.1, -0.05) is 59.7 Å². The van der Waals surface area contributed by atoms with E-state index in [-0.39, 0.29) is 11.2 Å². The molecule has 0 amide bonds. The third kappa shape index (κ3) is 5.59. The van der Waals surface area contributed by atoms with Crippen LogP contribution in [0, 0.1) is 41.5 Å². The van der Waals surface area contributed by atoms with Gasteiger partial charge in [-0.2, -0.15) is 0 Å². The largest absolute Gasteiger partial charge is 0.323 e. The Bertz CT molecular complexity index is 1060. The highest BCUT2D eigenvalue weighted by Crippen LogP contribution is 2.40. The predicted molar refractivity (Wildman–Crippen MR) is 147 cm³/mol. The van der Waals surface area contributed by atoms with Crippen LogP contribution in [0.25, 0.3) is 0 Å². The van der Waals surface area contributed by atoms with Gasteiger partial charge in [0.15, 0.2) is 5.83 Å². The number of halogens is 3. The van der Waals surface area contributed by atoms with E-state index in [9.17, 15) is 0 Å². The Morgan fingerprint density at radius 2 is 1.12 bits per heavy atom. The van der Waals surface area contributed by atoms with Crippen molar-refractivity contribution in [2.24, 2.45) is 0 Å². The fourth-order valence-electron chi connectivity index (χ4n) is 5.14. The molecule has 0 spiro atoms. The maximum absolute atomic E-state index is 16.0. The summed E-state index contributed by atoms with van der Waals surface area (Å²) in [6.07, 6.45) is 9.41. The van der Waals surface area contributed by atoms with Crippen LogP contribution in [-0.2, 0) is 0 Å². The number of benzene rings is 2. The first kappa shape index (κ1) is 26.1. The molecule has 0 aromatic heterocycles. The maximum atomic E-state index is 16.0. The molecular formula is C29H33Cl2FN2. The van der Waals surface area contributed by atoms with Crippen molar-refractivity contribution in [3.63, 3.8) is 0 Å². The molecule has 1 fully saturated rings. The fraction of sp³-hybridized carbons (Fsp3) is 0.310. The summed E-state index contributed by atoms with van der Waals surface area (Å²) >= 11 is 9.53. The topological polar surface area (TPSA) is 6.48 Å². The zero-order chi connectivity index (χ0) is 25.0. The highest BCUT2D eigenvalue weighted by atomic mass is 35.5. The fourth-order valence-corrected chi connectivity index (χ4v) is 5.14. The summed E-state index contributed by atoms with van der Waals surface area (Å²) in [5, 5.41) is 0.194. The number of anilines is 2. The minimum Gasteiger partial charge on any atom is -0.323 e. The molecule has 1 saturated heterocycles. The quantitative estimate of drug-likeness (QED) is 0.391. The molecule has 2 aliphatic rings. The molecule has 2 aromatic rings. The Hall–Kier alpha value is -2.49. The van der Waals surface area contributed by atoms with E-state index in [1.54, 1.807) is 6.08 Å². The van der Waals surface area contributed by atoms with Gasteiger partial charge in [0.2, 0.25) is 0 Å². The van der Waals surface area contributed by atoms with Gasteiger partial charge in [-0.25, -0.2) is 4.39 Å². The van der Waals surface area contributed by atoms with Gasteiger partial charge in [0, 0.05) is 24.5 Å². The van der Waals surface area contributed by atoms with E-state index in [2.05, 4.69) is 75.6 Å². The molecule has 34 heavy (non-hydrogen) atoms. The lowest BCUT2D eigenvalue weighted by atomic mass is 10.0. The zero-order valence-electron chi connectivity index (χ0n) is 20.8. The smallest absolute Gasteiger partial charge is 0.164 e. The second-order valence-electron chi connectivity index (χ2n) is 8.93. The summed E-state index contributed by atoms with van der Waals surface area (Å²) in [5.41, 5.74) is 10.3. The lowest BCUT2D eigenvalue weighted by Gasteiger charge is -2.30. The van der Waals surface area contributed by atoms with Crippen LogP contribution in [0.15, 0.2) is 71.9 Å². The average molecular weight is 500 g/mol. The monoisotopic (exact) mass is 498 g/mol. The number of rotatable bonds is 3. The first-order chi connectivity index (χ1) is 16.2. The highest BCUT2D eigenvalue weighted by Gasteiger charge is 2.33. The number of aryl methyl sites for hydroxylation is 6. The van der Waals surface area contributed by atoms with Crippen molar-refractivity contribution < 1.29 is 4.39 Å². The van der Waals surface area contributed by atoms with Gasteiger partial charge in [-0.15, -0.1) is 23.2 Å². The molecule has 2 nitrogen and oxygen atoms in total. The molecular weight excluding hydrogens is 466 g/mol. The van der Waals surface area contributed by atoms with Gasteiger partial charge < -0.3 is 9.80 Å². The SMILES string of the molecule is Cc1cc(C)c(N2CCN(c3c(C)cc(C)cc3C)C2=C(F)C=C2C=CC=C2)c(C)c1.ClCCl. The van der Waals surface area contributed by atoms with Crippen LogP contribution in [0.4, 0.5) is 15.8 Å². The molecule has 1 aliphatic heterocycles. The zero-order valence-corrected chi connectivity index (χ0v) is 22.4. The van der Waals surface area contributed by atoms with Gasteiger partial charge in [0.1, 0.15) is 5.82 Å². The summed E-state index contributed by atoms with van der Waals surface area (Å²) < 4.78 is 16.0. The molecule has 2 aromatic carbocycles. The number of hydrogen-bond acceptors (Lipinski definition) is 2. The first-order valence-electron chi connectivity index (χ1n) is 11.5. The van der Waals surface area contributed by atoms with Crippen LogP contribution in [0.3, 0.4) is 0 Å². The van der Waals surface area contributed by atoms with Gasteiger partial charge >= 0.3 is 0 Å². The van der Waals surface area contributed by atoms with E-state index in [0.29, 0.717) is 5.82 Å². The summed E-state index contributed by atoms with van der Waals surface area (Å²) in [6, 6.07) is 8.74. The molecule has 180 valence electrons. The van der Waals surface area contributed by atoms with Crippen molar-refractivity contribution in [1.29, 1.82) is 0 Å². The minimum absolute atomic E-state index is 0.194. The molecule has 0 N–H and O–H groups in total. The second-order valence-corrected chi connectivity index (χ2v) is 9.74. The molecule has 1 heterocycles. The van der Waals surface area contributed by atoms with Crippen molar-refractivity contribution in [3.05, 3.63) is 105 Å². The van der Waals surface area contributed by atoms with Crippen molar-refractivity contribution in [1.82, 2.24) is 0 Å². The van der Waals surface area contributed by atoms with Crippen molar-refractivity contribution in [2.75, 3.05) is 28.2 Å². The van der Waals surface area contributed by atoms with Crippen LogP contribution < -0.4 is 9.80 Å². The lowest BCUT2D eigenvalue weighted by molar-refractivity contribution is 0.646. The van der Waals surface area contributed by atoms with E-state index in [4.69, 9.17) is 23.2 Å². The van der Waals surface area contributed by atoms with E-state index in [0.717, 1.165) is 30.0 Å². The lowest BCUT2D eigenvalue weighted by Crippen LogP contribution is -2.26. The number of alkyl halides is 2. The third-order valence-electron chi connectivity index (χ3n) is 6.06. The normalized spacial score (nSPS) is 14.6. The molecule has 4 rings (SSSR count). The Kier molecular flexibility index (Phi) is 8.67. The van der Waals surface area contributed by atoms with Crippen LogP contribution in [0.2, 0.25) is 0 Å². The van der Waals surface area contributed by atoms with Gasteiger partial charge in [-0.05, 0) is 75.4 Å². The third-order valence-corrected chi connectivity index (χ3v) is 6.06. The summed E-state index contributed by atoms with van der Waals surface area (Å²) in [4.78, 5) is 4.33. The average Bonchev–Trinajstić information content (AvgIpc) is 3.37. The molecule has 0 saturated carbocycles. The van der Waals surface area contributed by atoms with Crippen molar-refractivity contribution >= 4 is 34.6 Å². The molecule has 5 heteroatoms. The number of nitrogens with zero attached hydrogens (tertiary/aromatic N) is 2. The number of allylic oxidation sites excluding steroid dienone is 7. The standard InChI is InChI=1S/C28H31FN2.CH2Cl2/c1-18-13-20(3)26(21(4)14-18)30-11-12-31(27-22(5)15-19(2)16-23(27)6)28(30)25(29)17-24-9-7-8-10-24;2-1-3/h7-10,13-17H,11-12H2,1-6H3;1H2. The molecule has 0 bridgehead atoms. The number of hydrogen-bond donors (Lipinski definition) is 0. The van der Waals surface area contributed by atoms with Crippen LogP contribution in [0.5, 0.6) is 0 Å². The molecule has 1 aliphatic carbocycles. The maximum Gasteiger partial charge on any atom is 0.164 e. The van der Waals surface area contributed by atoms with Gasteiger partial charge in [-0.3, -0.25) is 0 Å². The highest BCUT2D eigenvalue weighted by molar-refractivity contribution is 6.40. The van der Waals surface area contributed by atoms with E-state index >= 15 is 4.39 Å². The van der Waals surface area contributed by atoms with Gasteiger partial charge in [0.25, 0.3) is 0 Å². The van der Waals surface area contributed by atoms with Crippen molar-refractivity contribution in [3.8, 4) is 0 Å². The van der Waals surface area contributed by atoms with Gasteiger partial charge in [0.05, 0.1) is 5.34 Å². The summed E-state index contributed by atoms with van der Waals surface area (Å²) in [7, 11) is 0. The van der Waals surface area contributed by atoms with Crippen LogP contribution in [0.1, 0.15) is 33.4 Å². The van der Waals surface area contributed by atoms with E-state index < -0.39 is 0 Å². The van der Waals surface area contributed by atoms with Crippen LogP contribution in [-0.4, -0.2) is 18.4 Å². The Balaban J connectivity index is 0.00000103. The van der Waals surface area contributed by atoms with Crippen LogP contribution >= 0.6 is 23.2 Å². The Morgan fingerprint density at radius 1 is 0.765 bits per heavy atom. The Morgan fingerprint density at radius 3 is 1.47 bits per heavy atom. The van der Waals surface area contributed by atoms with Crippen molar-refractivity contribution in [2.45, 2.75) is 41.5 Å². The Labute approximate surface area is 213 Å². The second kappa shape index (κ2) is 11.3. The minimum atomic E-state index is -0.206. The molecule has 0 unspecified atom stereocenters. The van der Waals surface area contributed by atoms with E-state index in [1.807, 2.05) is 24.3 Å². The predicted octanol–water partition coefficient (Wildman–Crippen LogP) is 8.48. The first-order valence-corrected chi connectivity index (χ1v) is 12.5. The molecule has 0 atom stereocenters.